The molecule has 1 saturated heterocycles. The van der Waals surface area contributed by atoms with Gasteiger partial charge in [0.15, 0.2) is 0 Å². The van der Waals surface area contributed by atoms with Crippen LogP contribution < -0.4 is 14.8 Å². The van der Waals surface area contributed by atoms with Gasteiger partial charge in [-0.05, 0) is 12.1 Å². The molecule has 7 heteroatoms. The van der Waals surface area contributed by atoms with Crippen LogP contribution in [0.3, 0.4) is 0 Å². The van der Waals surface area contributed by atoms with E-state index in [1.54, 1.807) is 37.3 Å². The van der Waals surface area contributed by atoms with E-state index in [0.29, 0.717) is 30.3 Å². The number of ether oxygens (including phenoxy) is 2. The zero-order chi connectivity index (χ0) is 18.1. The van der Waals surface area contributed by atoms with Crippen LogP contribution in [0.1, 0.15) is 11.7 Å². The minimum atomic E-state index is -0.146. The maximum Gasteiger partial charge on any atom is 0.321 e. The molecule has 0 radical (unpaired) electrons. The lowest BCUT2D eigenvalue weighted by atomic mass is 10.0. The molecule has 0 aliphatic carbocycles. The van der Waals surface area contributed by atoms with Crippen LogP contribution in [-0.2, 0) is 0 Å². The number of nitrogens with zero attached hydrogens (tertiary/aromatic N) is 2. The predicted molar refractivity (Wildman–Crippen MR) is 99.0 cm³/mol. The topological polar surface area (TPSA) is 79.5 Å². The van der Waals surface area contributed by atoms with Crippen molar-refractivity contribution in [3.8, 4) is 11.5 Å². The summed E-state index contributed by atoms with van der Waals surface area (Å²) in [5, 5.41) is 2.89. The molecule has 1 aromatic heterocycles. The quantitative estimate of drug-likeness (QED) is 0.756. The van der Waals surface area contributed by atoms with E-state index in [-0.39, 0.29) is 11.9 Å². The number of aromatic nitrogens is 2. The number of anilines is 1. The second-order valence-corrected chi connectivity index (χ2v) is 6.27. The Morgan fingerprint density at radius 3 is 2.50 bits per heavy atom. The van der Waals surface area contributed by atoms with Crippen LogP contribution in [0.25, 0.3) is 11.0 Å². The number of carbonyl (C=O) groups excluding carboxylic acids is 1. The minimum absolute atomic E-state index is 0.146. The largest absolute Gasteiger partial charge is 0.497 e. The van der Waals surface area contributed by atoms with E-state index >= 15 is 0 Å². The fourth-order valence-electron chi connectivity index (χ4n) is 3.07. The van der Waals surface area contributed by atoms with E-state index in [4.69, 9.17) is 9.47 Å². The van der Waals surface area contributed by atoms with Gasteiger partial charge in [0, 0.05) is 37.0 Å². The van der Waals surface area contributed by atoms with Crippen molar-refractivity contribution in [2.24, 2.45) is 0 Å². The molecule has 2 aromatic carbocycles. The van der Waals surface area contributed by atoms with Gasteiger partial charge in [-0.25, -0.2) is 9.78 Å². The molecule has 2 amide bonds. The van der Waals surface area contributed by atoms with Gasteiger partial charge in [0.05, 0.1) is 31.2 Å². The van der Waals surface area contributed by atoms with E-state index in [9.17, 15) is 4.79 Å². The van der Waals surface area contributed by atoms with Crippen LogP contribution in [0.2, 0.25) is 0 Å². The molecule has 3 aromatic rings. The van der Waals surface area contributed by atoms with E-state index in [1.165, 1.54) is 0 Å². The number of benzene rings is 2. The monoisotopic (exact) mass is 352 g/mol. The van der Waals surface area contributed by atoms with Gasteiger partial charge in [-0.1, -0.05) is 12.1 Å². The van der Waals surface area contributed by atoms with E-state index < -0.39 is 0 Å². The molecular formula is C19H20N4O3. The first-order chi connectivity index (χ1) is 12.7. The van der Waals surface area contributed by atoms with Crippen molar-refractivity contribution >= 4 is 22.8 Å². The van der Waals surface area contributed by atoms with Gasteiger partial charge in [-0.3, -0.25) is 0 Å². The van der Waals surface area contributed by atoms with Crippen LogP contribution in [0.15, 0.2) is 42.5 Å². The van der Waals surface area contributed by atoms with Crippen molar-refractivity contribution in [1.82, 2.24) is 14.9 Å². The summed E-state index contributed by atoms with van der Waals surface area (Å²) >= 11 is 0. The normalized spacial score (nSPS) is 14.2. The number of hydrogen-bond acceptors (Lipinski definition) is 4. The molecule has 1 fully saturated rings. The summed E-state index contributed by atoms with van der Waals surface area (Å²) in [6, 6.07) is 13.1. The number of aromatic amines is 1. The molecule has 134 valence electrons. The molecule has 4 rings (SSSR count). The third-order valence-electron chi connectivity index (χ3n) is 4.57. The Bertz CT molecular complexity index is 892. The lowest BCUT2D eigenvalue weighted by molar-refractivity contribution is 0.161. The summed E-state index contributed by atoms with van der Waals surface area (Å²) in [7, 11) is 3.15. The number of methoxy groups -OCH3 is 2. The maximum atomic E-state index is 12.4. The van der Waals surface area contributed by atoms with Gasteiger partial charge in [0.25, 0.3) is 0 Å². The lowest BCUT2D eigenvalue weighted by Gasteiger charge is -2.38. The molecule has 1 aliphatic rings. The second kappa shape index (κ2) is 6.59. The molecule has 7 nitrogen and oxygen atoms in total. The van der Waals surface area contributed by atoms with Gasteiger partial charge in [-0.2, -0.15) is 0 Å². The molecule has 0 spiro atoms. The highest BCUT2D eigenvalue weighted by molar-refractivity contribution is 5.90. The molecule has 2 heterocycles. The first-order valence-corrected chi connectivity index (χ1v) is 8.40. The molecule has 2 N–H and O–H groups in total. The Balaban J connectivity index is 1.40. The summed E-state index contributed by atoms with van der Waals surface area (Å²) < 4.78 is 10.5. The summed E-state index contributed by atoms with van der Waals surface area (Å²) in [6.45, 7) is 1.26. The molecule has 0 atom stereocenters. The maximum absolute atomic E-state index is 12.4. The van der Waals surface area contributed by atoms with Crippen molar-refractivity contribution in [1.29, 1.82) is 0 Å². The second-order valence-electron chi connectivity index (χ2n) is 6.27. The Kier molecular flexibility index (Phi) is 4.12. The molecule has 0 saturated carbocycles. The number of rotatable bonds is 4. The Labute approximate surface area is 150 Å². The first-order valence-electron chi connectivity index (χ1n) is 8.40. The third kappa shape index (κ3) is 3.03. The third-order valence-corrected chi connectivity index (χ3v) is 4.57. The zero-order valence-electron chi connectivity index (χ0n) is 14.7. The average Bonchev–Trinajstić information content (AvgIpc) is 3.03. The SMILES string of the molecule is COc1cc(NC(=O)N2CC(c3nc4ccccc4[nH]3)C2)cc(OC)c1. The molecule has 0 bridgehead atoms. The molecule has 0 unspecified atom stereocenters. The number of nitrogens with one attached hydrogen (secondary N) is 2. The standard InChI is InChI=1S/C19H20N4O3/c1-25-14-7-13(8-15(9-14)26-2)20-19(24)23-10-12(11-23)18-21-16-5-3-4-6-17(16)22-18/h3-9,12H,10-11H2,1-2H3,(H,20,24)(H,21,22). The number of fused-ring (bicyclic) bond motifs is 1. The van der Waals surface area contributed by atoms with Gasteiger partial charge >= 0.3 is 6.03 Å². The molecule has 26 heavy (non-hydrogen) atoms. The van der Waals surface area contributed by atoms with Gasteiger partial charge in [0.1, 0.15) is 17.3 Å². The van der Waals surface area contributed by atoms with Gasteiger partial charge < -0.3 is 24.7 Å². The van der Waals surface area contributed by atoms with Crippen molar-refractivity contribution in [2.75, 3.05) is 32.6 Å². The predicted octanol–water partition coefficient (Wildman–Crippen LogP) is 3.21. The van der Waals surface area contributed by atoms with Crippen molar-refractivity contribution in [3.63, 3.8) is 0 Å². The highest BCUT2D eigenvalue weighted by atomic mass is 16.5. The van der Waals surface area contributed by atoms with Crippen LogP contribution in [-0.4, -0.2) is 48.2 Å². The lowest BCUT2D eigenvalue weighted by Crippen LogP contribution is -2.50. The summed E-state index contributed by atoms with van der Waals surface area (Å²) in [5.74, 6) is 2.41. The zero-order valence-corrected chi connectivity index (χ0v) is 14.7. The first kappa shape index (κ1) is 16.3. The number of imidazole rings is 1. The van der Waals surface area contributed by atoms with Gasteiger partial charge in [-0.15, -0.1) is 0 Å². The van der Waals surface area contributed by atoms with Crippen LogP contribution in [0, 0.1) is 0 Å². The smallest absolute Gasteiger partial charge is 0.321 e. The van der Waals surface area contributed by atoms with Crippen molar-refractivity contribution in [3.05, 3.63) is 48.3 Å². The Morgan fingerprint density at radius 2 is 1.85 bits per heavy atom. The Hall–Kier alpha value is -3.22. The highest BCUT2D eigenvalue weighted by Gasteiger charge is 2.33. The van der Waals surface area contributed by atoms with Gasteiger partial charge in [0.2, 0.25) is 0 Å². The number of para-hydroxylation sites is 2. The number of carbonyl (C=O) groups is 1. The minimum Gasteiger partial charge on any atom is -0.497 e. The summed E-state index contributed by atoms with van der Waals surface area (Å²) in [6.07, 6.45) is 0. The van der Waals surface area contributed by atoms with E-state index in [1.807, 2.05) is 24.3 Å². The number of urea groups is 1. The van der Waals surface area contributed by atoms with Crippen molar-refractivity contribution < 1.29 is 14.3 Å². The van der Waals surface area contributed by atoms with E-state index in [0.717, 1.165) is 16.9 Å². The number of hydrogen-bond donors (Lipinski definition) is 2. The average molecular weight is 352 g/mol. The van der Waals surface area contributed by atoms with Crippen LogP contribution in [0.4, 0.5) is 10.5 Å². The number of H-pyrrole nitrogens is 1. The van der Waals surface area contributed by atoms with Crippen LogP contribution in [0.5, 0.6) is 11.5 Å². The van der Waals surface area contributed by atoms with Crippen molar-refractivity contribution in [2.45, 2.75) is 5.92 Å². The molecular weight excluding hydrogens is 332 g/mol. The summed E-state index contributed by atoms with van der Waals surface area (Å²) in [5.41, 5.74) is 2.61. The van der Waals surface area contributed by atoms with Crippen LogP contribution >= 0.6 is 0 Å². The highest BCUT2D eigenvalue weighted by Crippen LogP contribution is 2.29. The Morgan fingerprint density at radius 1 is 1.15 bits per heavy atom. The number of amides is 2. The van der Waals surface area contributed by atoms with E-state index in [2.05, 4.69) is 15.3 Å². The fraction of sp³-hybridized carbons (Fsp3) is 0.263. The number of likely N-dealkylation sites (tertiary alicyclic amines) is 1. The summed E-state index contributed by atoms with van der Waals surface area (Å²) in [4.78, 5) is 22.1. The molecule has 1 aliphatic heterocycles. The fourth-order valence-corrected chi connectivity index (χ4v) is 3.07.